The summed E-state index contributed by atoms with van der Waals surface area (Å²) in [6.07, 6.45) is 2.70. The quantitative estimate of drug-likeness (QED) is 0.382. The van der Waals surface area contributed by atoms with Crippen LogP contribution >= 0.6 is 11.6 Å². The van der Waals surface area contributed by atoms with E-state index in [0.717, 1.165) is 32.4 Å². The third-order valence-corrected chi connectivity index (χ3v) is 8.24. The number of ether oxygens (including phenoxy) is 1. The van der Waals surface area contributed by atoms with E-state index in [1.54, 1.807) is 25.1 Å². The number of rotatable bonds is 11. The second kappa shape index (κ2) is 12.1. The number of carbonyl (C=O) groups excluding carboxylic acids is 2. The average Bonchev–Trinajstić information content (AvgIpc) is 2.84. The number of anilines is 1. The van der Waals surface area contributed by atoms with Crippen molar-refractivity contribution in [2.75, 3.05) is 37.7 Å². The zero-order chi connectivity index (χ0) is 29.2. The monoisotopic (exact) mass is 569 g/mol. The summed E-state index contributed by atoms with van der Waals surface area (Å²) in [4.78, 5) is 39.7. The van der Waals surface area contributed by atoms with Crippen LogP contribution in [0.25, 0.3) is 17.0 Å². The van der Waals surface area contributed by atoms with Crippen LogP contribution in [0.2, 0.25) is 5.02 Å². The largest absolute Gasteiger partial charge is 0.491 e. The first-order valence-corrected chi connectivity index (χ1v) is 14.4. The van der Waals surface area contributed by atoms with Crippen molar-refractivity contribution >= 4 is 34.7 Å². The first-order valence-electron chi connectivity index (χ1n) is 14.0. The van der Waals surface area contributed by atoms with Gasteiger partial charge in [-0.1, -0.05) is 31.9 Å². The lowest BCUT2D eigenvalue weighted by molar-refractivity contribution is -0.147. The number of Topliss-reactive ketones (excluding diaryl/α,β-unsaturated/α-hetero) is 1. The van der Waals surface area contributed by atoms with Crippen molar-refractivity contribution in [1.29, 1.82) is 0 Å². The molecule has 1 amide bonds. The van der Waals surface area contributed by atoms with Gasteiger partial charge in [-0.2, -0.15) is 0 Å². The minimum atomic E-state index is -0.571. The highest BCUT2D eigenvalue weighted by molar-refractivity contribution is 6.33. The molecule has 1 atom stereocenters. The van der Waals surface area contributed by atoms with E-state index in [2.05, 4.69) is 11.8 Å². The second-order valence-corrected chi connectivity index (χ2v) is 11.4. The smallest absolute Gasteiger partial charge is 0.232 e. The highest BCUT2D eigenvalue weighted by Crippen LogP contribution is 2.42. The number of nitrogens with zero attached hydrogens (tertiary/aromatic N) is 4. The average molecular weight is 570 g/mol. The van der Waals surface area contributed by atoms with Crippen LogP contribution in [-0.2, 0) is 9.59 Å². The Kier molecular flexibility index (Phi) is 9.05. The lowest BCUT2D eigenvalue weighted by Gasteiger charge is -2.52. The van der Waals surface area contributed by atoms with Gasteiger partial charge in [0.05, 0.1) is 27.8 Å². The maximum Gasteiger partial charge on any atom is 0.232 e. The van der Waals surface area contributed by atoms with Gasteiger partial charge in [-0.05, 0) is 58.2 Å². The zero-order valence-electron chi connectivity index (χ0n) is 24.1. The van der Waals surface area contributed by atoms with Gasteiger partial charge in [0, 0.05) is 43.0 Å². The molecule has 3 N–H and O–H groups in total. The molecule has 9 nitrogen and oxygen atoms in total. The van der Waals surface area contributed by atoms with Gasteiger partial charge in [-0.15, -0.1) is 0 Å². The number of hydrogen-bond donors (Lipinski definition) is 2. The number of likely N-dealkylation sites (tertiary alicyclic amines) is 1. The molecule has 10 heteroatoms. The van der Waals surface area contributed by atoms with Crippen LogP contribution in [0.15, 0.2) is 23.9 Å². The van der Waals surface area contributed by atoms with E-state index in [1.165, 1.54) is 6.92 Å². The summed E-state index contributed by atoms with van der Waals surface area (Å²) in [5.74, 6) is 1.48. The summed E-state index contributed by atoms with van der Waals surface area (Å²) in [7, 11) is 0. The van der Waals surface area contributed by atoms with Crippen LogP contribution in [0.3, 0.4) is 0 Å². The number of benzene rings is 1. The Morgan fingerprint density at radius 1 is 1.20 bits per heavy atom. The summed E-state index contributed by atoms with van der Waals surface area (Å²) in [5.41, 5.74) is 8.09. The molecule has 0 saturated carbocycles. The summed E-state index contributed by atoms with van der Waals surface area (Å²) < 4.78 is 5.83. The molecule has 0 unspecified atom stereocenters. The number of amides is 1. The van der Waals surface area contributed by atoms with Crippen molar-refractivity contribution < 1.29 is 19.4 Å². The fraction of sp³-hybridized carbons (Fsp3) is 0.533. The minimum absolute atomic E-state index is 0.154. The Balaban J connectivity index is 1.76. The third kappa shape index (κ3) is 5.81. The Morgan fingerprint density at radius 2 is 1.90 bits per heavy atom. The zero-order valence-corrected chi connectivity index (χ0v) is 24.8. The molecule has 2 aliphatic heterocycles. The molecule has 0 bridgehead atoms. The lowest BCUT2D eigenvalue weighted by Crippen LogP contribution is -2.65. The Labute approximate surface area is 241 Å². The lowest BCUT2D eigenvalue weighted by atomic mass is 9.75. The van der Waals surface area contributed by atoms with E-state index >= 15 is 0 Å². The summed E-state index contributed by atoms with van der Waals surface area (Å²) >= 11 is 6.63. The number of ketones is 1. The number of aromatic nitrogens is 2. The minimum Gasteiger partial charge on any atom is -0.491 e. The Morgan fingerprint density at radius 3 is 2.45 bits per heavy atom. The number of halogens is 1. The highest BCUT2D eigenvalue weighted by atomic mass is 35.5. The van der Waals surface area contributed by atoms with E-state index in [4.69, 9.17) is 32.0 Å². The predicted molar refractivity (Wildman–Crippen MR) is 157 cm³/mol. The molecule has 2 fully saturated rings. The Bertz CT molecular complexity index is 1310. The molecular formula is C30H40ClN5O4. The van der Waals surface area contributed by atoms with Crippen molar-refractivity contribution in [1.82, 2.24) is 14.9 Å². The van der Waals surface area contributed by atoms with E-state index in [0.29, 0.717) is 70.0 Å². The number of aliphatic hydroxyl groups excluding tert-OH is 1. The topological polar surface area (TPSA) is 122 Å². The standard InChI is InChI=1S/C30H40ClN5O4/c1-6-9-21(38)15-40-22-10-11-24(31)23(14-22)27-33-26(25(19(4)32)20(5)37)18(3)28(34-27)36-16-30(7-2,17-36)29(39)35-12-8-13-35/h10-11,14,21,38H,6-9,12-13,15-17,32H2,1-5H3/t21-/m1/s1. The maximum atomic E-state index is 13.2. The summed E-state index contributed by atoms with van der Waals surface area (Å²) in [6, 6.07) is 5.18. The van der Waals surface area contributed by atoms with Crippen LogP contribution in [0.4, 0.5) is 5.82 Å². The first-order chi connectivity index (χ1) is 19.0. The van der Waals surface area contributed by atoms with E-state index in [1.807, 2.05) is 18.7 Å². The van der Waals surface area contributed by atoms with Crippen molar-refractivity contribution in [3.63, 3.8) is 0 Å². The van der Waals surface area contributed by atoms with Crippen LogP contribution in [0.1, 0.15) is 64.6 Å². The molecule has 216 valence electrons. The highest BCUT2D eigenvalue weighted by Gasteiger charge is 2.51. The number of aliphatic hydroxyl groups is 1. The van der Waals surface area contributed by atoms with Gasteiger partial charge in [-0.25, -0.2) is 9.97 Å². The third-order valence-electron chi connectivity index (χ3n) is 7.91. The molecule has 3 heterocycles. The van der Waals surface area contributed by atoms with Crippen LogP contribution in [-0.4, -0.2) is 70.6 Å². The summed E-state index contributed by atoms with van der Waals surface area (Å²) in [5, 5.41) is 10.5. The molecule has 1 aromatic heterocycles. The molecular weight excluding hydrogens is 530 g/mol. The molecule has 40 heavy (non-hydrogen) atoms. The molecule has 2 aliphatic rings. The molecule has 1 aromatic carbocycles. The van der Waals surface area contributed by atoms with Crippen molar-refractivity contribution in [3.05, 3.63) is 40.2 Å². The van der Waals surface area contributed by atoms with Crippen LogP contribution in [0, 0.1) is 12.3 Å². The van der Waals surface area contributed by atoms with E-state index < -0.39 is 11.5 Å². The molecule has 0 spiro atoms. The first kappa shape index (κ1) is 29.8. The van der Waals surface area contributed by atoms with Gasteiger partial charge in [-0.3, -0.25) is 9.59 Å². The van der Waals surface area contributed by atoms with Gasteiger partial charge in [0.2, 0.25) is 5.91 Å². The molecule has 4 rings (SSSR count). The number of nitrogens with two attached hydrogens (primary N) is 1. The second-order valence-electron chi connectivity index (χ2n) is 11.0. The van der Waals surface area contributed by atoms with Crippen LogP contribution in [0.5, 0.6) is 5.75 Å². The van der Waals surface area contributed by atoms with Crippen molar-refractivity contribution in [2.45, 2.75) is 66.4 Å². The van der Waals surface area contributed by atoms with Gasteiger partial charge in [0.1, 0.15) is 18.2 Å². The summed E-state index contributed by atoms with van der Waals surface area (Å²) in [6.45, 7) is 11.9. The van der Waals surface area contributed by atoms with E-state index in [9.17, 15) is 14.7 Å². The number of carbonyl (C=O) groups is 2. The maximum absolute atomic E-state index is 13.2. The van der Waals surface area contributed by atoms with Gasteiger partial charge in [0.15, 0.2) is 11.6 Å². The molecule has 0 radical (unpaired) electrons. The fourth-order valence-corrected chi connectivity index (χ4v) is 5.58. The Hall–Kier alpha value is -3.17. The number of hydrogen-bond acceptors (Lipinski definition) is 8. The molecule has 0 aliphatic carbocycles. The molecule has 2 saturated heterocycles. The van der Waals surface area contributed by atoms with Crippen LogP contribution < -0.4 is 15.4 Å². The fourth-order valence-electron chi connectivity index (χ4n) is 5.38. The van der Waals surface area contributed by atoms with Crippen molar-refractivity contribution in [3.8, 4) is 17.1 Å². The molecule has 2 aromatic rings. The van der Waals surface area contributed by atoms with Gasteiger partial charge >= 0.3 is 0 Å². The predicted octanol–water partition coefficient (Wildman–Crippen LogP) is 4.37. The SMILES string of the molecule is CCC[C@@H](O)COc1ccc(Cl)c(-c2nc(C(C(C)=O)=C(C)N)c(C)c(N3CC(CC)(C(=O)N4CCC4)C3)n2)c1. The van der Waals surface area contributed by atoms with Gasteiger partial charge in [0.25, 0.3) is 0 Å². The number of allylic oxidation sites excluding steroid dienone is 2. The normalized spacial score (nSPS) is 17.5. The van der Waals surface area contributed by atoms with E-state index in [-0.39, 0.29) is 18.3 Å². The van der Waals surface area contributed by atoms with Gasteiger partial charge < -0.3 is 25.4 Å². The van der Waals surface area contributed by atoms with Crippen molar-refractivity contribution in [2.24, 2.45) is 11.1 Å².